The van der Waals surface area contributed by atoms with Crippen LogP contribution in [0.5, 0.6) is 0 Å². The van der Waals surface area contributed by atoms with E-state index in [0.29, 0.717) is 25.3 Å². The summed E-state index contributed by atoms with van der Waals surface area (Å²) in [4.78, 5) is 18.7. The molecule has 3 atom stereocenters. The molecular weight excluding hydrogens is 320 g/mol. The van der Waals surface area contributed by atoms with Crippen molar-refractivity contribution in [2.45, 2.75) is 37.7 Å². The molecule has 25 heavy (non-hydrogen) atoms. The Morgan fingerprint density at radius 2 is 2.08 bits per heavy atom. The Balaban J connectivity index is 1.42. The third-order valence-electron chi connectivity index (χ3n) is 4.84. The fraction of sp³-hybridized carbons (Fsp3) is 0.444. The Morgan fingerprint density at radius 3 is 2.88 bits per heavy atom. The molecular formula is C18H20N4O3. The van der Waals surface area contributed by atoms with Crippen LogP contribution in [0.15, 0.2) is 43.0 Å². The van der Waals surface area contributed by atoms with Gasteiger partial charge in [0, 0.05) is 18.9 Å². The zero-order valence-corrected chi connectivity index (χ0v) is 13.8. The molecule has 130 valence electrons. The van der Waals surface area contributed by atoms with Gasteiger partial charge in [0.05, 0.1) is 43.3 Å². The van der Waals surface area contributed by atoms with Crippen molar-refractivity contribution in [1.29, 1.82) is 0 Å². The van der Waals surface area contributed by atoms with E-state index in [1.165, 1.54) is 6.20 Å². The molecule has 7 heteroatoms. The summed E-state index contributed by atoms with van der Waals surface area (Å²) in [5, 5.41) is 7.54. The number of amides is 1. The van der Waals surface area contributed by atoms with Gasteiger partial charge in [0.2, 0.25) is 0 Å². The van der Waals surface area contributed by atoms with Crippen molar-refractivity contribution in [3.05, 3.63) is 54.1 Å². The van der Waals surface area contributed by atoms with E-state index >= 15 is 0 Å². The van der Waals surface area contributed by atoms with Crippen molar-refractivity contribution >= 4 is 5.91 Å². The number of morpholine rings is 1. The van der Waals surface area contributed by atoms with Crippen LogP contribution in [0.3, 0.4) is 0 Å². The largest absolute Gasteiger partial charge is 0.372 e. The first-order valence-electron chi connectivity index (χ1n) is 8.53. The van der Waals surface area contributed by atoms with Crippen molar-refractivity contribution in [3.8, 4) is 0 Å². The minimum absolute atomic E-state index is 0.00401. The monoisotopic (exact) mass is 340 g/mol. The highest BCUT2D eigenvalue weighted by atomic mass is 16.5. The van der Waals surface area contributed by atoms with Crippen LogP contribution in [-0.4, -0.2) is 57.4 Å². The second kappa shape index (κ2) is 7.25. The molecule has 1 amide bonds. The van der Waals surface area contributed by atoms with E-state index < -0.39 is 0 Å². The summed E-state index contributed by atoms with van der Waals surface area (Å²) >= 11 is 0. The molecule has 0 unspecified atom stereocenters. The summed E-state index contributed by atoms with van der Waals surface area (Å²) < 4.78 is 12.0. The normalized spacial score (nSPS) is 25.6. The molecule has 0 spiro atoms. The molecule has 3 heterocycles. The number of nitrogens with zero attached hydrogens (tertiary/aromatic N) is 4. The highest BCUT2D eigenvalue weighted by Gasteiger charge is 2.45. The van der Waals surface area contributed by atoms with Gasteiger partial charge in [-0.2, -0.15) is 10.2 Å². The van der Waals surface area contributed by atoms with Gasteiger partial charge in [-0.05, 0) is 36.6 Å². The lowest BCUT2D eigenvalue weighted by molar-refractivity contribution is -0.108. The quantitative estimate of drug-likeness (QED) is 0.839. The van der Waals surface area contributed by atoms with Crippen molar-refractivity contribution in [2.24, 2.45) is 0 Å². The molecule has 4 rings (SSSR count). The number of hydrogen-bond donors (Lipinski definition) is 0. The first kappa shape index (κ1) is 16.1. The number of fused-ring (bicyclic) bond motifs is 1. The number of carbonyl (C=O) groups excluding carboxylic acids is 1. The van der Waals surface area contributed by atoms with Gasteiger partial charge in [-0.1, -0.05) is 0 Å². The maximum atomic E-state index is 12.8. The number of pyridine rings is 1. The lowest BCUT2D eigenvalue weighted by Gasteiger charge is -2.39. The van der Waals surface area contributed by atoms with Crippen LogP contribution in [0.1, 0.15) is 28.8 Å². The van der Waals surface area contributed by atoms with Gasteiger partial charge in [0.15, 0.2) is 0 Å². The molecule has 1 aliphatic carbocycles. The van der Waals surface area contributed by atoms with Gasteiger partial charge in [-0.15, -0.1) is 0 Å². The summed E-state index contributed by atoms with van der Waals surface area (Å²) in [6.07, 6.45) is 8.28. The summed E-state index contributed by atoms with van der Waals surface area (Å²) in [6, 6.07) is 5.64. The van der Waals surface area contributed by atoms with Crippen LogP contribution in [-0.2, 0) is 16.1 Å². The molecule has 2 aromatic heterocycles. The standard InChI is InChI=1S/C18H20N4O3/c23-18(14-5-8-20-21-11-14)22-9-10-24-17-15(22)1-2-16(17)25-12-13-3-6-19-7-4-13/h3-8,11,15-17H,1-2,9-10,12H2/t15-,16+,17+/m0/s1. The molecule has 1 aliphatic heterocycles. The second-order valence-electron chi connectivity index (χ2n) is 6.31. The summed E-state index contributed by atoms with van der Waals surface area (Å²) in [6.45, 7) is 1.65. The Hall–Kier alpha value is -2.38. The smallest absolute Gasteiger partial charge is 0.255 e. The average Bonchev–Trinajstić information content (AvgIpc) is 3.10. The zero-order chi connectivity index (χ0) is 17.1. The first-order chi connectivity index (χ1) is 12.3. The minimum atomic E-state index is -0.0747. The number of hydrogen-bond acceptors (Lipinski definition) is 6. The molecule has 0 radical (unpaired) electrons. The molecule has 1 saturated carbocycles. The fourth-order valence-corrected chi connectivity index (χ4v) is 3.61. The van der Waals surface area contributed by atoms with Crippen LogP contribution >= 0.6 is 0 Å². The Kier molecular flexibility index (Phi) is 4.67. The molecule has 2 fully saturated rings. The van der Waals surface area contributed by atoms with Gasteiger partial charge in [0.1, 0.15) is 6.10 Å². The summed E-state index contributed by atoms with van der Waals surface area (Å²) in [5.74, 6) is -0.0111. The van der Waals surface area contributed by atoms with E-state index in [2.05, 4.69) is 15.2 Å². The van der Waals surface area contributed by atoms with E-state index in [0.717, 1.165) is 18.4 Å². The molecule has 0 aromatic carbocycles. The molecule has 2 aromatic rings. The molecule has 2 aliphatic rings. The van der Waals surface area contributed by atoms with E-state index in [4.69, 9.17) is 9.47 Å². The first-order valence-corrected chi connectivity index (χ1v) is 8.53. The SMILES string of the molecule is O=C(c1ccnnc1)N1CCO[C@H]2[C@H](OCc3ccncc3)CC[C@@H]21. The highest BCUT2D eigenvalue weighted by Crippen LogP contribution is 2.33. The Morgan fingerprint density at radius 1 is 1.20 bits per heavy atom. The van der Waals surface area contributed by atoms with Gasteiger partial charge in [0.25, 0.3) is 5.91 Å². The number of aromatic nitrogens is 3. The van der Waals surface area contributed by atoms with E-state index in [1.807, 2.05) is 17.0 Å². The van der Waals surface area contributed by atoms with Crippen molar-refractivity contribution in [1.82, 2.24) is 20.1 Å². The molecule has 0 bridgehead atoms. The number of carbonyl (C=O) groups is 1. The third kappa shape index (κ3) is 3.38. The van der Waals surface area contributed by atoms with E-state index in [9.17, 15) is 4.79 Å². The van der Waals surface area contributed by atoms with Gasteiger partial charge in [-0.25, -0.2) is 0 Å². The molecule has 0 N–H and O–H groups in total. The molecule has 1 saturated heterocycles. The minimum Gasteiger partial charge on any atom is -0.372 e. The Labute approximate surface area is 146 Å². The third-order valence-corrected chi connectivity index (χ3v) is 4.84. The van der Waals surface area contributed by atoms with Crippen molar-refractivity contribution < 1.29 is 14.3 Å². The van der Waals surface area contributed by atoms with E-state index in [1.54, 1.807) is 24.7 Å². The Bertz CT molecular complexity index is 713. The topological polar surface area (TPSA) is 77.4 Å². The van der Waals surface area contributed by atoms with Gasteiger partial charge >= 0.3 is 0 Å². The lowest BCUT2D eigenvalue weighted by atomic mass is 10.1. The van der Waals surface area contributed by atoms with Gasteiger partial charge < -0.3 is 14.4 Å². The average molecular weight is 340 g/mol. The second-order valence-corrected chi connectivity index (χ2v) is 6.31. The predicted molar refractivity (Wildman–Crippen MR) is 88.6 cm³/mol. The fourth-order valence-electron chi connectivity index (χ4n) is 3.61. The van der Waals surface area contributed by atoms with E-state index in [-0.39, 0.29) is 24.2 Å². The van der Waals surface area contributed by atoms with Crippen molar-refractivity contribution in [2.75, 3.05) is 13.2 Å². The molecule has 7 nitrogen and oxygen atoms in total. The van der Waals surface area contributed by atoms with Crippen LogP contribution in [0.25, 0.3) is 0 Å². The van der Waals surface area contributed by atoms with Crippen molar-refractivity contribution in [3.63, 3.8) is 0 Å². The summed E-state index contributed by atoms with van der Waals surface area (Å²) in [7, 11) is 0. The number of rotatable bonds is 4. The summed E-state index contributed by atoms with van der Waals surface area (Å²) in [5.41, 5.74) is 1.65. The van der Waals surface area contributed by atoms with Crippen LogP contribution < -0.4 is 0 Å². The van der Waals surface area contributed by atoms with Gasteiger partial charge in [-0.3, -0.25) is 9.78 Å². The van der Waals surface area contributed by atoms with Crippen LogP contribution in [0, 0.1) is 0 Å². The maximum Gasteiger partial charge on any atom is 0.255 e. The highest BCUT2D eigenvalue weighted by molar-refractivity contribution is 5.94. The lowest BCUT2D eigenvalue weighted by Crippen LogP contribution is -2.53. The number of ether oxygens (including phenoxy) is 2. The predicted octanol–water partition coefficient (Wildman–Crippen LogP) is 1.46. The zero-order valence-electron chi connectivity index (χ0n) is 13.8. The van der Waals surface area contributed by atoms with Crippen LogP contribution in [0.4, 0.5) is 0 Å². The van der Waals surface area contributed by atoms with Crippen LogP contribution in [0.2, 0.25) is 0 Å². The maximum absolute atomic E-state index is 12.8.